The Balaban J connectivity index is 1.78. The summed E-state index contributed by atoms with van der Waals surface area (Å²) in [5.74, 6) is -1.45. The van der Waals surface area contributed by atoms with Crippen molar-refractivity contribution in [2.45, 2.75) is 20.0 Å². The average molecular weight is 464 g/mol. The van der Waals surface area contributed by atoms with Gasteiger partial charge in [0.2, 0.25) is 6.10 Å². The summed E-state index contributed by atoms with van der Waals surface area (Å²) in [5.41, 5.74) is 1.09. The molecule has 0 aliphatic heterocycles. The highest BCUT2D eigenvalue weighted by Crippen LogP contribution is 2.30. The van der Waals surface area contributed by atoms with Crippen molar-refractivity contribution in [3.63, 3.8) is 0 Å². The topological polar surface area (TPSA) is 59.3 Å². The Morgan fingerprint density at radius 1 is 1.06 bits per heavy atom. The third kappa shape index (κ3) is 6.44. The van der Waals surface area contributed by atoms with Crippen molar-refractivity contribution in [3.8, 4) is 17.6 Å². The van der Waals surface area contributed by atoms with Crippen molar-refractivity contribution in [2.24, 2.45) is 11.8 Å². The Labute approximate surface area is 197 Å². The predicted octanol–water partition coefficient (Wildman–Crippen LogP) is 7.36. The molecule has 3 rings (SSSR count). The minimum absolute atomic E-state index is 0.0611. The maximum absolute atomic E-state index is 14.3. The zero-order valence-electron chi connectivity index (χ0n) is 18.2. The van der Waals surface area contributed by atoms with Crippen LogP contribution in [0.25, 0.3) is 6.08 Å². The quantitative estimate of drug-likeness (QED) is 0.327. The highest BCUT2D eigenvalue weighted by molar-refractivity contribution is 6.32. The van der Waals surface area contributed by atoms with E-state index in [1.165, 1.54) is 18.2 Å². The number of carbonyl (C=O) groups excluding carboxylic acids is 1. The van der Waals surface area contributed by atoms with Crippen LogP contribution in [-0.2, 0) is 9.53 Å². The normalized spacial score (nSPS) is 12.8. The van der Waals surface area contributed by atoms with Crippen LogP contribution in [0.15, 0.2) is 78.9 Å². The number of ether oxygens (including phenoxy) is 2. The standard InChI is InChI=1S/C27H23ClFNO3/c1-18(2)22(14-12-19-8-6-7-11-23(19)28)27(31)33-26(17-30)20-13-15-24(29)25(16-20)32-21-9-4-3-5-10-21/h3-16,18,22,26H,1-2H3. The van der Waals surface area contributed by atoms with Gasteiger partial charge in [0, 0.05) is 10.6 Å². The molecule has 0 aliphatic rings. The zero-order chi connectivity index (χ0) is 23.8. The summed E-state index contributed by atoms with van der Waals surface area (Å²) in [4.78, 5) is 12.9. The first-order valence-electron chi connectivity index (χ1n) is 10.4. The van der Waals surface area contributed by atoms with Crippen molar-refractivity contribution >= 4 is 23.6 Å². The van der Waals surface area contributed by atoms with Crippen LogP contribution in [0.3, 0.4) is 0 Å². The van der Waals surface area contributed by atoms with E-state index in [2.05, 4.69) is 0 Å². The van der Waals surface area contributed by atoms with Gasteiger partial charge in [-0.2, -0.15) is 5.26 Å². The summed E-state index contributed by atoms with van der Waals surface area (Å²) >= 11 is 6.19. The number of nitrogens with zero attached hydrogens (tertiary/aromatic N) is 1. The van der Waals surface area contributed by atoms with Crippen LogP contribution >= 0.6 is 11.6 Å². The number of halogens is 2. The molecule has 2 unspecified atom stereocenters. The van der Waals surface area contributed by atoms with E-state index in [1.807, 2.05) is 44.2 Å². The molecule has 0 saturated heterocycles. The summed E-state index contributed by atoms with van der Waals surface area (Å²) in [7, 11) is 0. The van der Waals surface area contributed by atoms with Crippen molar-refractivity contribution in [2.75, 3.05) is 0 Å². The fourth-order valence-electron chi connectivity index (χ4n) is 3.13. The fraction of sp³-hybridized carbons (Fsp3) is 0.185. The fourth-order valence-corrected chi connectivity index (χ4v) is 3.33. The van der Waals surface area contributed by atoms with Crippen LogP contribution < -0.4 is 4.74 Å². The van der Waals surface area contributed by atoms with Crippen molar-refractivity contribution in [1.29, 1.82) is 5.26 Å². The second-order valence-electron chi connectivity index (χ2n) is 7.70. The molecule has 0 amide bonds. The molecule has 0 heterocycles. The summed E-state index contributed by atoms with van der Waals surface area (Å²) < 4.78 is 25.4. The van der Waals surface area contributed by atoms with Gasteiger partial charge in [-0.05, 0) is 41.8 Å². The van der Waals surface area contributed by atoms with E-state index in [1.54, 1.807) is 42.5 Å². The molecule has 0 spiro atoms. The van der Waals surface area contributed by atoms with E-state index in [9.17, 15) is 14.4 Å². The van der Waals surface area contributed by atoms with Crippen molar-refractivity contribution < 1.29 is 18.7 Å². The summed E-state index contributed by atoms with van der Waals surface area (Å²) in [6.07, 6.45) is 2.27. The van der Waals surface area contributed by atoms with Gasteiger partial charge in [0.1, 0.15) is 11.8 Å². The Morgan fingerprint density at radius 2 is 1.76 bits per heavy atom. The third-order valence-electron chi connectivity index (χ3n) is 4.96. The van der Waals surface area contributed by atoms with Crippen molar-refractivity contribution in [3.05, 3.63) is 101 Å². The lowest BCUT2D eigenvalue weighted by Gasteiger charge is -2.19. The zero-order valence-corrected chi connectivity index (χ0v) is 19.0. The van der Waals surface area contributed by atoms with Gasteiger partial charge in [-0.3, -0.25) is 4.79 Å². The SMILES string of the molecule is CC(C)C(C=Cc1ccccc1Cl)C(=O)OC(C#N)c1ccc(F)c(Oc2ccccc2)c1. The van der Waals surface area contributed by atoms with Crippen LogP contribution in [0.2, 0.25) is 5.02 Å². The second-order valence-corrected chi connectivity index (χ2v) is 8.11. The molecule has 0 aromatic heterocycles. The Morgan fingerprint density at radius 3 is 2.42 bits per heavy atom. The van der Waals surface area contributed by atoms with Gasteiger partial charge < -0.3 is 9.47 Å². The summed E-state index contributed by atoms with van der Waals surface area (Å²) in [6, 6.07) is 21.9. The lowest BCUT2D eigenvalue weighted by Crippen LogP contribution is -2.22. The third-order valence-corrected chi connectivity index (χ3v) is 5.30. The lowest BCUT2D eigenvalue weighted by atomic mass is 9.94. The molecule has 4 nitrogen and oxygen atoms in total. The predicted molar refractivity (Wildman–Crippen MR) is 126 cm³/mol. The lowest BCUT2D eigenvalue weighted by molar-refractivity contribution is -0.151. The number of para-hydroxylation sites is 1. The Bertz CT molecular complexity index is 1170. The molecule has 33 heavy (non-hydrogen) atoms. The molecule has 6 heteroatoms. The van der Waals surface area contributed by atoms with Crippen molar-refractivity contribution in [1.82, 2.24) is 0 Å². The number of carbonyl (C=O) groups is 1. The molecule has 3 aromatic carbocycles. The van der Waals surface area contributed by atoms with Crippen LogP contribution in [0.4, 0.5) is 4.39 Å². The Kier molecular flexibility index (Phi) is 8.23. The molecule has 0 radical (unpaired) electrons. The number of hydrogen-bond acceptors (Lipinski definition) is 4. The number of hydrogen-bond donors (Lipinski definition) is 0. The van der Waals surface area contributed by atoms with Gasteiger partial charge in [0.05, 0.1) is 5.92 Å². The highest BCUT2D eigenvalue weighted by atomic mass is 35.5. The molecule has 0 bridgehead atoms. The number of esters is 1. The smallest absolute Gasteiger partial charge is 0.314 e. The van der Waals surface area contributed by atoms with Gasteiger partial charge in [0.25, 0.3) is 0 Å². The highest BCUT2D eigenvalue weighted by Gasteiger charge is 2.26. The summed E-state index contributed by atoms with van der Waals surface area (Å²) in [5, 5.41) is 10.2. The molecule has 0 saturated carbocycles. The maximum atomic E-state index is 14.3. The summed E-state index contributed by atoms with van der Waals surface area (Å²) in [6.45, 7) is 3.77. The molecule has 3 aromatic rings. The van der Waals surface area contributed by atoms with E-state index in [0.717, 1.165) is 5.56 Å². The molecule has 0 fully saturated rings. The maximum Gasteiger partial charge on any atom is 0.314 e. The van der Waals surface area contributed by atoms with E-state index in [-0.39, 0.29) is 11.7 Å². The first-order chi connectivity index (χ1) is 15.9. The molecular weight excluding hydrogens is 441 g/mol. The van der Waals surface area contributed by atoms with Crippen LogP contribution in [0.5, 0.6) is 11.5 Å². The van der Waals surface area contributed by atoms with Gasteiger partial charge in [-0.1, -0.05) is 80.1 Å². The van der Waals surface area contributed by atoms with E-state index < -0.39 is 23.8 Å². The van der Waals surface area contributed by atoms with E-state index >= 15 is 0 Å². The minimum Gasteiger partial charge on any atom is -0.454 e. The number of rotatable bonds is 8. The molecular formula is C27H23ClFNO3. The van der Waals surface area contributed by atoms with Gasteiger partial charge in [-0.15, -0.1) is 0 Å². The minimum atomic E-state index is -1.22. The van der Waals surface area contributed by atoms with Crippen LogP contribution in [0, 0.1) is 29.0 Å². The first-order valence-corrected chi connectivity index (χ1v) is 10.8. The molecule has 0 aliphatic carbocycles. The largest absolute Gasteiger partial charge is 0.454 e. The van der Waals surface area contributed by atoms with Crippen LogP contribution in [-0.4, -0.2) is 5.97 Å². The monoisotopic (exact) mass is 463 g/mol. The number of nitriles is 1. The van der Waals surface area contributed by atoms with Gasteiger partial charge in [-0.25, -0.2) is 4.39 Å². The van der Waals surface area contributed by atoms with Crippen LogP contribution in [0.1, 0.15) is 31.1 Å². The first kappa shape index (κ1) is 24.0. The second kappa shape index (κ2) is 11.3. The van der Waals surface area contributed by atoms with Gasteiger partial charge in [0.15, 0.2) is 11.6 Å². The van der Waals surface area contributed by atoms with E-state index in [0.29, 0.717) is 16.3 Å². The van der Waals surface area contributed by atoms with Gasteiger partial charge >= 0.3 is 5.97 Å². The average Bonchev–Trinajstić information content (AvgIpc) is 2.81. The Hall–Kier alpha value is -3.62. The molecule has 168 valence electrons. The molecule has 0 N–H and O–H groups in total. The number of benzene rings is 3. The van der Waals surface area contributed by atoms with E-state index in [4.69, 9.17) is 21.1 Å². The molecule has 2 atom stereocenters.